The second-order valence-corrected chi connectivity index (χ2v) is 24.3. The molecule has 10 rings (SSSR count). The molecule has 8 aromatic carbocycles. The van der Waals surface area contributed by atoms with Crippen LogP contribution in [0, 0.1) is 13.8 Å². The van der Waals surface area contributed by atoms with Gasteiger partial charge in [0.2, 0.25) is 23.8 Å². The second-order valence-electron chi connectivity index (χ2n) is 20.0. The van der Waals surface area contributed by atoms with E-state index < -0.39 is 105 Å². The maximum absolute atomic E-state index is 13.5. The molecule has 0 spiro atoms. The van der Waals surface area contributed by atoms with E-state index >= 15 is 0 Å². The highest BCUT2D eigenvalue weighted by Gasteiger charge is 2.26. The second kappa shape index (κ2) is 29.1. The van der Waals surface area contributed by atoms with E-state index in [-0.39, 0.29) is 119 Å². The lowest BCUT2D eigenvalue weighted by atomic mass is 10.1. The number of amides is 1. The van der Waals surface area contributed by atoms with Gasteiger partial charge in [0.25, 0.3) is 26.1 Å². The van der Waals surface area contributed by atoms with E-state index in [0.29, 0.717) is 17.1 Å². The summed E-state index contributed by atoms with van der Waals surface area (Å²) in [7, 11) is -9.95. The Morgan fingerprint density at radius 3 is 1.12 bits per heavy atom. The molecule has 1 amide bonds. The van der Waals surface area contributed by atoms with Crippen LogP contribution in [-0.4, -0.2) is 127 Å². The number of nitrogens with zero attached hydrogens (tertiary/aromatic N) is 10. The highest BCUT2D eigenvalue weighted by atomic mass is 32.2. The lowest BCUT2D eigenvalue weighted by Gasteiger charge is -2.15. The summed E-state index contributed by atoms with van der Waals surface area (Å²) in [5.41, 5.74) is -2.66. The summed E-state index contributed by atoms with van der Waals surface area (Å²) in [5.74, 6) is -8.52. The third-order valence-corrected chi connectivity index (χ3v) is 16.2. The van der Waals surface area contributed by atoms with Gasteiger partial charge in [-0.2, -0.15) is 57.0 Å². The van der Waals surface area contributed by atoms with Crippen molar-refractivity contribution in [1.29, 1.82) is 0 Å². The lowest BCUT2D eigenvalue weighted by Crippen LogP contribution is -2.12. The minimum atomic E-state index is -4.97. The highest BCUT2D eigenvalue weighted by molar-refractivity contribution is 7.95. The molecule has 0 saturated carbocycles. The number of rotatable bonds is 26. The molecule has 0 bridgehead atoms. The van der Waals surface area contributed by atoms with Crippen LogP contribution in [0.15, 0.2) is 161 Å². The number of fused-ring (bicyclic) bond motifs is 2. The first-order valence-electron chi connectivity index (χ1n) is 27.0. The van der Waals surface area contributed by atoms with E-state index in [2.05, 4.69) is 95.7 Å². The van der Waals surface area contributed by atoms with Gasteiger partial charge in [0.1, 0.15) is 23.0 Å². The maximum Gasteiger partial charge on any atom is 0.335 e. The van der Waals surface area contributed by atoms with Crippen LogP contribution in [0.5, 0.6) is 11.5 Å². The van der Waals surface area contributed by atoms with Gasteiger partial charge in [-0.3, -0.25) is 13.9 Å². The zero-order chi connectivity index (χ0) is 71.2. The van der Waals surface area contributed by atoms with Crippen molar-refractivity contribution in [2.75, 3.05) is 26.6 Å². The Morgan fingerprint density at radius 2 is 0.778 bits per heavy atom. The Labute approximate surface area is 560 Å². The fourth-order valence-corrected chi connectivity index (χ4v) is 11.2. The van der Waals surface area contributed by atoms with Crippen molar-refractivity contribution in [3.05, 3.63) is 161 Å². The number of hydrogen-bond acceptors (Lipinski definition) is 33. The number of aryl methyl sites for hydroxylation is 2. The molecule has 2 heterocycles. The smallest absolute Gasteiger partial charge is 0.335 e. The average molecular weight is 1430 g/mol. The number of carbonyl (C=O) groups excluding carboxylic acids is 1. The molecule has 15 N–H and O–H groups in total. The zero-order valence-electron chi connectivity index (χ0n) is 49.4. The van der Waals surface area contributed by atoms with Gasteiger partial charge in [-0.1, -0.05) is 10.1 Å². The summed E-state index contributed by atoms with van der Waals surface area (Å²) in [6.45, 7) is 2.97. The van der Waals surface area contributed by atoms with Crippen LogP contribution in [0.25, 0.3) is 21.5 Å². The molecule has 99 heavy (non-hydrogen) atoms. The Balaban J connectivity index is 0.849. The number of aromatic nitrogens is 6. The third kappa shape index (κ3) is 16.8. The molecule has 10 aromatic rings. The Bertz CT molecular complexity index is 5210. The van der Waals surface area contributed by atoms with Crippen LogP contribution in [0.2, 0.25) is 0 Å². The summed E-state index contributed by atoms with van der Waals surface area (Å²) in [4.78, 5) is 84.6. The van der Waals surface area contributed by atoms with Crippen molar-refractivity contribution in [2.45, 2.75) is 33.4 Å². The normalized spacial score (nSPS) is 11.7. The number of aromatic hydroxyl groups is 2. The molecular weight excluding hydrogens is 1390 g/mol. The zero-order valence-corrected chi connectivity index (χ0v) is 52.7. The first kappa shape index (κ1) is 69.8. The fourth-order valence-electron chi connectivity index (χ4n) is 9.12. The van der Waals surface area contributed by atoms with Gasteiger partial charge in [-0.15, -0.1) is 18.9 Å². The van der Waals surface area contributed by atoms with Gasteiger partial charge in [0, 0.05) is 33.4 Å². The highest BCUT2D eigenvalue weighted by Crippen LogP contribution is 2.50. The van der Waals surface area contributed by atoms with Crippen LogP contribution in [0.1, 0.15) is 63.4 Å². The number of phenols is 2. The first-order chi connectivity index (χ1) is 47.0. The number of azo groups is 2. The number of anilines is 9. The quantitative estimate of drug-likeness (QED) is 0.00787. The third-order valence-electron chi connectivity index (χ3n) is 13.3. The molecule has 0 radical (unpaired) electrons. The van der Waals surface area contributed by atoms with E-state index in [1.165, 1.54) is 50.2 Å². The molecule has 42 heteroatoms. The minimum Gasteiger partial charge on any atom is -0.505 e. The number of carbonyl (C=O) groups is 5. The van der Waals surface area contributed by atoms with Crippen LogP contribution in [0.4, 0.5) is 75.0 Å². The van der Waals surface area contributed by atoms with Gasteiger partial charge in [0.15, 0.2) is 11.5 Å². The van der Waals surface area contributed by atoms with Crippen LogP contribution >= 0.6 is 24.1 Å². The van der Waals surface area contributed by atoms with Gasteiger partial charge < -0.3 is 57.2 Å². The summed E-state index contributed by atoms with van der Waals surface area (Å²) in [6.07, 6.45) is 0. The monoisotopic (exact) mass is 1430 g/mol. The van der Waals surface area contributed by atoms with E-state index in [1.807, 2.05) is 0 Å². The number of hydrogen-bond donors (Lipinski definition) is 15. The predicted molar refractivity (Wildman–Crippen MR) is 344 cm³/mol. The molecule has 506 valence electrons. The predicted octanol–water partition coefficient (Wildman–Crippen LogP) is 11.6. The van der Waals surface area contributed by atoms with Crippen LogP contribution in [0.3, 0.4) is 0 Å². The topological polar surface area (TPSA) is 580 Å². The summed E-state index contributed by atoms with van der Waals surface area (Å²) < 4.78 is 79.7. The summed E-state index contributed by atoms with van der Waals surface area (Å²) >= 11 is 0.484. The molecule has 0 fully saturated rings. The van der Waals surface area contributed by atoms with Crippen LogP contribution < -0.4 is 26.6 Å². The maximum atomic E-state index is 13.5. The number of carboxylic acid groups (broad SMARTS) is 4. The number of benzene rings is 8. The number of nitrogens with one attached hydrogen (secondary N) is 5. The van der Waals surface area contributed by atoms with Crippen molar-refractivity contribution < 1.29 is 110 Å². The minimum absolute atomic E-state index is 0.0773. The molecular formula is C57H41N15O23S4. The van der Waals surface area contributed by atoms with E-state index in [4.69, 9.17) is 10.5 Å². The Morgan fingerprint density at radius 1 is 0.434 bits per heavy atom. The SMILES string of the molecule is Cc1nc(Nc2ccc(NC(=O)c3ccc(Nc4nc(C)nc(Nc5cc(S(=O)(=O)O)cc6cc(SOOO)c(N=Nc7cc(C(=O)O)cc(C(=O)O)c7)c(O)c56)n4)cc3)cc2)nc(Nc2cc(S(=O)(=O)O)cc3cc(SOOO)c(N=Nc4cc(C(=O)O)cc(C(=O)O)c4)c(O)c23)n1. The van der Waals surface area contributed by atoms with E-state index in [1.54, 1.807) is 24.3 Å². The molecule has 2 aromatic heterocycles. The van der Waals surface area contributed by atoms with Gasteiger partial charge >= 0.3 is 23.9 Å². The first-order valence-corrected chi connectivity index (χ1v) is 31.4. The molecule has 0 unspecified atom stereocenters. The largest absolute Gasteiger partial charge is 0.505 e. The molecule has 0 aliphatic heterocycles. The molecule has 0 aliphatic rings. The van der Waals surface area contributed by atoms with Crippen molar-refractivity contribution in [2.24, 2.45) is 20.5 Å². The van der Waals surface area contributed by atoms with Gasteiger partial charge in [0.05, 0.1) is 88.7 Å². The lowest BCUT2D eigenvalue weighted by molar-refractivity contribution is -0.432. The van der Waals surface area contributed by atoms with E-state index in [0.717, 1.165) is 60.7 Å². The van der Waals surface area contributed by atoms with Crippen molar-refractivity contribution >= 4 is 171 Å². The van der Waals surface area contributed by atoms with Crippen molar-refractivity contribution in [3.63, 3.8) is 0 Å². The van der Waals surface area contributed by atoms with Crippen molar-refractivity contribution in [3.8, 4) is 11.5 Å². The number of phenolic OH excluding ortho intramolecular Hbond substituents is 2. The molecule has 0 atom stereocenters. The molecule has 38 nitrogen and oxygen atoms in total. The van der Waals surface area contributed by atoms with Crippen molar-refractivity contribution in [1.82, 2.24) is 29.9 Å². The summed E-state index contributed by atoms with van der Waals surface area (Å²) in [6, 6.07) is 24.0. The molecule has 0 saturated heterocycles. The fraction of sp³-hybridized carbons (Fsp3) is 0.0351. The molecule has 0 aliphatic carbocycles. The standard InChI is InChI=1S/C57H41N15O23S4/c1-23-58-54(67-56(60-23)65-39-21-37(98(86,87)88)17-26-19-41(96-94-92-84)45(47(73)43(26)39)71-69-35-13-28(50(76)77)11-29(14-35)51(78)79)63-33-5-3-25(4-6-33)49(75)62-32-7-9-34(10-8-32)64-55-59-24(2)61-57(68-55)66-40-22-38(99(89,90)91)18-27-20-42(97-95-93-85)46(48(74)44(27)40)72-70-36-15-30(52(80)81)12-31(16-36)53(82)83/h3-22,73-74,84-85H,1-2H3,(H,62,75)(H,76,77)(H,78,79)(H,80,81)(H,82,83)(H,86,87,88)(H,89,90,91)(H2,58,60,63,65,67)(H2,59,61,64,66,68). The number of carboxylic acids is 4. The average Bonchev–Trinajstić information content (AvgIpc) is 0.761. The van der Waals surface area contributed by atoms with Gasteiger partial charge in [-0.25, -0.2) is 29.7 Å². The van der Waals surface area contributed by atoms with Gasteiger partial charge in [-0.05, 0) is 146 Å². The Hall–Kier alpha value is -12.1. The van der Waals surface area contributed by atoms with Crippen LogP contribution in [-0.2, 0) is 39.0 Å². The summed E-state index contributed by atoms with van der Waals surface area (Å²) in [5, 5.41) is 117. The van der Waals surface area contributed by atoms with E-state index in [9.17, 15) is 80.6 Å². The Kier molecular flexibility index (Phi) is 20.5. The number of aromatic carboxylic acids is 4.